The van der Waals surface area contributed by atoms with E-state index in [4.69, 9.17) is 0 Å². The van der Waals surface area contributed by atoms with Crippen LogP contribution in [0.25, 0.3) is 11.0 Å². The van der Waals surface area contributed by atoms with Crippen LogP contribution in [-0.2, 0) is 0 Å². The molecule has 0 bridgehead atoms. The Labute approximate surface area is 278 Å². The van der Waals surface area contributed by atoms with E-state index in [1.807, 2.05) is 12.1 Å². The van der Waals surface area contributed by atoms with Crippen molar-refractivity contribution < 1.29 is 19.2 Å². The second-order valence-electron chi connectivity index (χ2n) is 11.8. The van der Waals surface area contributed by atoms with E-state index in [0.29, 0.717) is 68.6 Å². The maximum atomic E-state index is 13.0. The van der Waals surface area contributed by atoms with Gasteiger partial charge in [-0.15, -0.1) is 0 Å². The van der Waals surface area contributed by atoms with Crippen LogP contribution in [-0.4, -0.2) is 55.3 Å². The summed E-state index contributed by atoms with van der Waals surface area (Å²) in [6.45, 7) is 5.11. The maximum absolute atomic E-state index is 13.0. The number of amides is 4. The number of imide groups is 2. The topological polar surface area (TPSA) is 101 Å². The molecule has 0 N–H and O–H groups in total. The number of carbonyl (C=O) groups excluding carboxylic acids is 4. The molecule has 9 heteroatoms. The number of rotatable bonds is 10. The fourth-order valence-electron chi connectivity index (χ4n) is 5.88. The van der Waals surface area contributed by atoms with Gasteiger partial charge in [-0.1, -0.05) is 76.1 Å². The smallest absolute Gasteiger partial charge is 0.261 e. The third-order valence-corrected chi connectivity index (χ3v) is 9.04. The number of aromatic nitrogens is 2. The number of hydrogen-bond acceptors (Lipinski definition) is 7. The van der Waals surface area contributed by atoms with E-state index in [0.717, 1.165) is 63.1 Å². The molecule has 2 aliphatic heterocycles. The van der Waals surface area contributed by atoms with E-state index < -0.39 is 0 Å². The van der Waals surface area contributed by atoms with Crippen molar-refractivity contribution in [2.24, 2.45) is 0 Å². The molecule has 4 amide bonds. The lowest BCUT2D eigenvalue weighted by Gasteiger charge is -2.13. The van der Waals surface area contributed by atoms with Gasteiger partial charge in [0.2, 0.25) is 0 Å². The maximum Gasteiger partial charge on any atom is 0.261 e. The first-order chi connectivity index (χ1) is 22.9. The molecular formula is C38H34N4O4S. The van der Waals surface area contributed by atoms with Gasteiger partial charge in [0.05, 0.1) is 45.1 Å². The van der Waals surface area contributed by atoms with E-state index in [1.165, 1.54) is 9.80 Å². The molecule has 8 nitrogen and oxygen atoms in total. The van der Waals surface area contributed by atoms with Gasteiger partial charge in [-0.05, 0) is 61.4 Å². The molecule has 0 atom stereocenters. The third kappa shape index (κ3) is 6.45. The highest BCUT2D eigenvalue weighted by Crippen LogP contribution is 2.27. The standard InChI is InChI=1S/C38H34N4O4S/c1-3-5-7-9-21-41-35(43)29-19-13-25(23-31(29)37(41)45)11-15-27-17-18-28(34-33(27)39-47-40-34)16-12-26-14-20-30-32(24-26)38(46)42(36(30)44)22-10-8-6-4-2/h13-14,17-20,23-24H,3-10,21-22H2,1-2H3. The monoisotopic (exact) mass is 642 g/mol. The summed E-state index contributed by atoms with van der Waals surface area (Å²) in [6, 6.07) is 13.9. The summed E-state index contributed by atoms with van der Waals surface area (Å²) in [5.74, 6) is 11.5. The van der Waals surface area contributed by atoms with Gasteiger partial charge in [-0.2, -0.15) is 8.75 Å². The number of fused-ring (bicyclic) bond motifs is 3. The molecule has 1 aromatic heterocycles. The van der Waals surface area contributed by atoms with Gasteiger partial charge in [-0.25, -0.2) is 0 Å². The van der Waals surface area contributed by atoms with Crippen LogP contribution >= 0.6 is 11.7 Å². The summed E-state index contributed by atoms with van der Waals surface area (Å²) in [5, 5.41) is 0. The van der Waals surface area contributed by atoms with Crippen LogP contribution in [0.1, 0.15) is 129 Å². The molecule has 0 fully saturated rings. The first kappa shape index (κ1) is 31.8. The molecule has 0 spiro atoms. The first-order valence-corrected chi connectivity index (χ1v) is 16.9. The van der Waals surface area contributed by atoms with E-state index in [9.17, 15) is 19.2 Å². The van der Waals surface area contributed by atoms with Crippen molar-refractivity contribution in [3.05, 3.63) is 93.0 Å². The van der Waals surface area contributed by atoms with Crippen molar-refractivity contribution >= 4 is 46.4 Å². The lowest BCUT2D eigenvalue weighted by Crippen LogP contribution is -2.30. The normalized spacial score (nSPS) is 13.5. The van der Waals surface area contributed by atoms with Gasteiger partial charge >= 0.3 is 0 Å². The predicted molar refractivity (Wildman–Crippen MR) is 181 cm³/mol. The quantitative estimate of drug-likeness (QED) is 0.107. The zero-order valence-corrected chi connectivity index (χ0v) is 27.3. The Kier molecular flexibility index (Phi) is 9.56. The molecule has 236 valence electrons. The first-order valence-electron chi connectivity index (χ1n) is 16.2. The fourth-order valence-corrected chi connectivity index (χ4v) is 6.46. The van der Waals surface area contributed by atoms with Crippen LogP contribution in [0.15, 0.2) is 48.5 Å². The zero-order chi connectivity index (χ0) is 32.9. The van der Waals surface area contributed by atoms with Crippen LogP contribution in [0.2, 0.25) is 0 Å². The van der Waals surface area contributed by atoms with Crippen LogP contribution in [0.4, 0.5) is 0 Å². The fraction of sp³-hybridized carbons (Fsp3) is 0.316. The van der Waals surface area contributed by atoms with Crippen molar-refractivity contribution in [1.29, 1.82) is 0 Å². The Balaban J connectivity index is 1.19. The van der Waals surface area contributed by atoms with Gasteiger partial charge in [0.1, 0.15) is 11.0 Å². The van der Waals surface area contributed by atoms with Crippen molar-refractivity contribution in [2.45, 2.75) is 65.2 Å². The molecule has 0 saturated heterocycles. The summed E-state index contributed by atoms with van der Waals surface area (Å²) in [5.41, 5.74) is 5.45. The Hall–Kier alpha value is -5.12. The van der Waals surface area contributed by atoms with E-state index in [-0.39, 0.29) is 23.6 Å². The Morgan fingerprint density at radius 1 is 0.532 bits per heavy atom. The minimum atomic E-state index is -0.266. The molecule has 6 rings (SSSR count). The second kappa shape index (κ2) is 14.1. The Bertz CT molecular complexity index is 1900. The van der Waals surface area contributed by atoms with Crippen molar-refractivity contribution in [2.75, 3.05) is 13.1 Å². The highest BCUT2D eigenvalue weighted by Gasteiger charge is 2.36. The van der Waals surface area contributed by atoms with Crippen molar-refractivity contribution in [1.82, 2.24) is 18.5 Å². The largest absolute Gasteiger partial charge is 0.274 e. The molecule has 2 aliphatic rings. The molecule has 0 saturated carbocycles. The van der Waals surface area contributed by atoms with Gasteiger partial charge < -0.3 is 0 Å². The predicted octanol–water partition coefficient (Wildman–Crippen LogP) is 6.84. The van der Waals surface area contributed by atoms with Crippen LogP contribution < -0.4 is 0 Å². The molecule has 4 aromatic rings. The highest BCUT2D eigenvalue weighted by molar-refractivity contribution is 7.00. The molecule has 47 heavy (non-hydrogen) atoms. The van der Waals surface area contributed by atoms with E-state index in [1.54, 1.807) is 36.4 Å². The average molecular weight is 643 g/mol. The Morgan fingerprint density at radius 3 is 1.38 bits per heavy atom. The van der Waals surface area contributed by atoms with E-state index >= 15 is 0 Å². The zero-order valence-electron chi connectivity index (χ0n) is 26.5. The third-order valence-electron chi connectivity index (χ3n) is 8.51. The number of benzene rings is 3. The van der Waals surface area contributed by atoms with Gasteiger partial charge in [0.15, 0.2) is 0 Å². The van der Waals surface area contributed by atoms with Crippen molar-refractivity contribution in [3.63, 3.8) is 0 Å². The van der Waals surface area contributed by atoms with Crippen LogP contribution in [0.3, 0.4) is 0 Å². The number of unbranched alkanes of at least 4 members (excludes halogenated alkanes) is 6. The lowest BCUT2D eigenvalue weighted by atomic mass is 10.0. The van der Waals surface area contributed by atoms with E-state index in [2.05, 4.69) is 46.3 Å². The van der Waals surface area contributed by atoms with Gasteiger partial charge in [0.25, 0.3) is 23.6 Å². The minimum absolute atomic E-state index is 0.243. The van der Waals surface area contributed by atoms with Gasteiger partial charge in [-0.3, -0.25) is 29.0 Å². The molecule has 3 heterocycles. The van der Waals surface area contributed by atoms with Crippen molar-refractivity contribution in [3.8, 4) is 23.7 Å². The Morgan fingerprint density at radius 2 is 0.957 bits per heavy atom. The summed E-state index contributed by atoms with van der Waals surface area (Å²) < 4.78 is 8.91. The number of carbonyl (C=O) groups is 4. The summed E-state index contributed by atoms with van der Waals surface area (Å²) in [6.07, 6.45) is 7.91. The minimum Gasteiger partial charge on any atom is -0.274 e. The summed E-state index contributed by atoms with van der Waals surface area (Å²) in [4.78, 5) is 54.3. The number of nitrogens with zero attached hydrogens (tertiary/aromatic N) is 4. The summed E-state index contributed by atoms with van der Waals surface area (Å²) >= 11 is 1.07. The van der Waals surface area contributed by atoms with Crippen LogP contribution in [0, 0.1) is 23.7 Å². The number of hydrogen-bond donors (Lipinski definition) is 0. The molecule has 3 aromatic carbocycles. The molecular weight excluding hydrogens is 609 g/mol. The van der Waals surface area contributed by atoms with Crippen LogP contribution in [0.5, 0.6) is 0 Å². The molecule has 0 aliphatic carbocycles. The average Bonchev–Trinajstić information content (AvgIpc) is 3.74. The highest BCUT2D eigenvalue weighted by atomic mass is 32.1. The lowest BCUT2D eigenvalue weighted by molar-refractivity contribution is 0.0636. The van der Waals surface area contributed by atoms with Gasteiger partial charge in [0, 0.05) is 24.2 Å². The SMILES string of the molecule is CCCCCCN1C(=O)c2ccc(C#Cc3ccc(C#Cc4ccc5c(c4)C(=O)N(CCCCCC)C5=O)c4nsnc34)cc2C1=O. The molecule has 0 radical (unpaired) electrons. The molecule has 0 unspecified atom stereocenters. The summed E-state index contributed by atoms with van der Waals surface area (Å²) in [7, 11) is 0. The second-order valence-corrected chi connectivity index (χ2v) is 12.3.